The summed E-state index contributed by atoms with van der Waals surface area (Å²) in [6.45, 7) is -1.54. The summed E-state index contributed by atoms with van der Waals surface area (Å²) in [7, 11) is 0. The fourth-order valence-electron chi connectivity index (χ4n) is 0.365. The number of rotatable bonds is 0. The van der Waals surface area contributed by atoms with Crippen LogP contribution in [0.5, 0.6) is 0 Å². The number of halogens is 6. The second-order valence-electron chi connectivity index (χ2n) is 1.44. The molecule has 1 fully saturated rings. The highest BCUT2D eigenvalue weighted by Crippen LogP contribution is 2.86. The van der Waals surface area contributed by atoms with E-state index in [0.29, 0.717) is 0 Å². The Balaban J connectivity index is 2.76. The third-order valence-electron chi connectivity index (χ3n) is 0.817. The summed E-state index contributed by atoms with van der Waals surface area (Å²) in [6, 6.07) is 0. The Morgan fingerprint density at radius 2 is 0.750 bits per heavy atom. The number of hydrogen-bond acceptors (Lipinski definition) is 3. The standard InChI is InChI=1S/Br6N3P3/c1-7-10(4)8(2)12(6)9(3)11(7)5. The van der Waals surface area contributed by atoms with Crippen LogP contribution < -0.4 is 0 Å². The molecule has 1 aliphatic rings. The molecule has 1 saturated heterocycles. The molecule has 1 aliphatic heterocycles. The molecule has 0 radical (unpaired) electrons. The smallest absolute Gasteiger partial charge is 0.145 e. The topological polar surface area (TPSA) is 9.72 Å². The summed E-state index contributed by atoms with van der Waals surface area (Å²) in [4.78, 5) is 0. The van der Waals surface area contributed by atoms with E-state index in [0.717, 1.165) is 0 Å². The van der Waals surface area contributed by atoms with Gasteiger partial charge in [-0.2, -0.15) is 0 Å². The van der Waals surface area contributed by atoms with Crippen LogP contribution >= 0.6 is 116 Å². The minimum Gasteiger partial charge on any atom is -0.148 e. The fraction of sp³-hybridized carbons (Fsp3) is 0. The van der Waals surface area contributed by atoms with E-state index in [1.54, 1.807) is 0 Å². The number of hydrogen-bond donors (Lipinski definition) is 0. The summed E-state index contributed by atoms with van der Waals surface area (Å²) in [5.74, 6) is 0. The average molecular weight is 614 g/mol. The lowest BCUT2D eigenvalue weighted by Gasteiger charge is -2.42. The van der Waals surface area contributed by atoms with Gasteiger partial charge in [-0.05, 0) is 46.5 Å². The summed E-state index contributed by atoms with van der Waals surface area (Å²) < 4.78 is 6.13. The van der Waals surface area contributed by atoms with Crippen molar-refractivity contribution in [3.63, 3.8) is 0 Å². The molecule has 1 heterocycles. The van der Waals surface area contributed by atoms with E-state index in [2.05, 4.69) is 94.9 Å². The van der Waals surface area contributed by atoms with Gasteiger partial charge in [0.1, 0.15) is 20.8 Å². The van der Waals surface area contributed by atoms with Crippen LogP contribution in [0.2, 0.25) is 0 Å². The first-order valence-electron chi connectivity index (χ1n) is 2.21. The molecular weight excluding hydrogens is 614 g/mol. The van der Waals surface area contributed by atoms with E-state index >= 15 is 0 Å². The predicted molar refractivity (Wildman–Crippen MR) is 79.8 cm³/mol. The maximum Gasteiger partial charge on any atom is 0.145 e. The number of nitrogens with zero attached hydrogens (tertiary/aromatic N) is 3. The Morgan fingerprint density at radius 3 is 0.917 bits per heavy atom. The molecule has 0 N–H and O–H groups in total. The van der Waals surface area contributed by atoms with E-state index < -0.39 is 20.8 Å². The predicted octanol–water partition coefficient (Wildman–Crippen LogP) is 6.70. The molecular formula is Br6N3P3. The normalized spacial score (nSPS) is 42.0. The van der Waals surface area contributed by atoms with Gasteiger partial charge in [-0.25, -0.2) is 0 Å². The SMILES string of the molecule is BrN1P(Br)N(Br)P(Br)N(Br)P1Br. The van der Waals surface area contributed by atoms with Gasteiger partial charge in [0.05, 0.1) is 0 Å². The van der Waals surface area contributed by atoms with Crippen LogP contribution in [0, 0.1) is 0 Å². The summed E-state index contributed by atoms with van der Waals surface area (Å²) in [5, 5.41) is 0. The zero-order valence-electron chi connectivity index (χ0n) is 4.95. The Bertz CT molecular complexity index is 110. The van der Waals surface area contributed by atoms with Crippen molar-refractivity contribution in [1.82, 2.24) is 10.4 Å². The average Bonchev–Trinajstić information content (AvgIpc) is 2.08. The minimum atomic E-state index is -0.515. The lowest BCUT2D eigenvalue weighted by atomic mass is 13.8. The Morgan fingerprint density at radius 1 is 0.583 bits per heavy atom. The molecule has 0 spiro atoms. The van der Waals surface area contributed by atoms with Crippen molar-refractivity contribution in [2.24, 2.45) is 0 Å². The van der Waals surface area contributed by atoms with Crippen LogP contribution in [0.25, 0.3) is 0 Å². The van der Waals surface area contributed by atoms with Gasteiger partial charge in [-0.3, -0.25) is 0 Å². The highest BCUT2D eigenvalue weighted by molar-refractivity contribution is 9.47. The summed E-state index contributed by atoms with van der Waals surface area (Å²) in [6.07, 6.45) is 0. The van der Waals surface area contributed by atoms with E-state index in [4.69, 9.17) is 0 Å². The molecule has 0 unspecified atom stereocenters. The van der Waals surface area contributed by atoms with Crippen molar-refractivity contribution in [2.75, 3.05) is 0 Å². The molecule has 1 rings (SSSR count). The molecule has 0 aromatic rings. The second kappa shape index (κ2) is 6.11. The van der Waals surface area contributed by atoms with Gasteiger partial charge in [0.2, 0.25) is 0 Å². The quantitative estimate of drug-likeness (QED) is 0.222. The van der Waals surface area contributed by atoms with Crippen molar-refractivity contribution in [1.29, 1.82) is 0 Å². The molecule has 3 nitrogen and oxygen atoms in total. The molecule has 0 amide bonds. The van der Waals surface area contributed by atoms with Crippen molar-refractivity contribution >= 4 is 116 Å². The highest BCUT2D eigenvalue weighted by atomic mass is 79.9. The van der Waals surface area contributed by atoms with E-state index in [9.17, 15) is 0 Å². The van der Waals surface area contributed by atoms with Crippen molar-refractivity contribution < 1.29 is 0 Å². The Kier molecular flexibility index (Phi) is 7.19. The lowest BCUT2D eigenvalue weighted by Crippen LogP contribution is -2.15. The van der Waals surface area contributed by atoms with Gasteiger partial charge in [0.25, 0.3) is 0 Å². The van der Waals surface area contributed by atoms with Crippen molar-refractivity contribution in [3.05, 3.63) is 0 Å². The lowest BCUT2D eigenvalue weighted by molar-refractivity contribution is 1.02. The van der Waals surface area contributed by atoms with Crippen LogP contribution in [0.1, 0.15) is 0 Å². The second-order valence-corrected chi connectivity index (χ2v) is 17.4. The van der Waals surface area contributed by atoms with Crippen LogP contribution in [0.3, 0.4) is 0 Å². The molecule has 0 atom stereocenters. The van der Waals surface area contributed by atoms with Gasteiger partial charge in [0, 0.05) is 48.4 Å². The van der Waals surface area contributed by atoms with Gasteiger partial charge in [-0.1, -0.05) is 0 Å². The summed E-state index contributed by atoms with van der Waals surface area (Å²) >= 11 is 21.1. The van der Waals surface area contributed by atoms with Gasteiger partial charge in [-0.15, -0.1) is 10.4 Å². The van der Waals surface area contributed by atoms with Gasteiger partial charge >= 0.3 is 0 Å². The molecule has 72 valence electrons. The molecule has 0 saturated carbocycles. The third kappa shape index (κ3) is 3.04. The first-order valence-corrected chi connectivity index (χ1v) is 14.1. The van der Waals surface area contributed by atoms with Crippen LogP contribution in [-0.2, 0) is 0 Å². The molecule has 0 aromatic carbocycles. The largest absolute Gasteiger partial charge is 0.148 e. The molecule has 12 heteroatoms. The third-order valence-corrected chi connectivity index (χ3v) is 28.7. The van der Waals surface area contributed by atoms with Gasteiger partial charge < -0.3 is 0 Å². The molecule has 12 heavy (non-hydrogen) atoms. The molecule has 0 aliphatic carbocycles. The van der Waals surface area contributed by atoms with E-state index in [1.807, 2.05) is 10.4 Å². The van der Waals surface area contributed by atoms with Crippen LogP contribution in [0.4, 0.5) is 0 Å². The Hall–Kier alpha value is 4.05. The van der Waals surface area contributed by atoms with Crippen LogP contribution in [-0.4, -0.2) is 10.4 Å². The first-order chi connectivity index (χ1) is 5.46. The minimum absolute atomic E-state index is 0.515. The van der Waals surface area contributed by atoms with E-state index in [1.165, 1.54) is 0 Å². The summed E-state index contributed by atoms with van der Waals surface area (Å²) in [5.41, 5.74) is 0. The van der Waals surface area contributed by atoms with Crippen molar-refractivity contribution in [3.8, 4) is 0 Å². The highest BCUT2D eigenvalue weighted by Gasteiger charge is 2.42. The zero-order valence-corrected chi connectivity index (χ0v) is 17.2. The van der Waals surface area contributed by atoms with E-state index in [-0.39, 0.29) is 0 Å². The Labute approximate surface area is 124 Å². The molecule has 0 bridgehead atoms. The zero-order chi connectivity index (χ0) is 9.46. The maximum absolute atomic E-state index is 3.58. The maximum atomic E-state index is 3.58. The fourth-order valence-corrected chi connectivity index (χ4v) is 22.8. The first kappa shape index (κ1) is 14.1. The molecule has 0 aromatic heterocycles. The van der Waals surface area contributed by atoms with Crippen LogP contribution in [0.15, 0.2) is 0 Å². The monoisotopic (exact) mass is 608 g/mol. The van der Waals surface area contributed by atoms with Gasteiger partial charge in [0.15, 0.2) is 0 Å². The van der Waals surface area contributed by atoms with Crippen molar-refractivity contribution in [2.45, 2.75) is 0 Å².